The Balaban J connectivity index is 1.08. The Labute approximate surface area is 260 Å². The van der Waals surface area contributed by atoms with Crippen molar-refractivity contribution in [2.75, 3.05) is 17.8 Å². The predicted molar refractivity (Wildman–Crippen MR) is 169 cm³/mol. The van der Waals surface area contributed by atoms with Crippen molar-refractivity contribution in [3.8, 4) is 28.6 Å². The minimum absolute atomic E-state index is 0.234. The summed E-state index contributed by atoms with van der Waals surface area (Å²) in [6, 6.07) is 18.8. The van der Waals surface area contributed by atoms with Crippen molar-refractivity contribution in [2.24, 2.45) is 10.1 Å². The number of hydrogen-bond donors (Lipinski definition) is 1. The molecule has 44 heavy (non-hydrogen) atoms. The number of allylic oxidation sites excluding steroid dienone is 1. The highest BCUT2D eigenvalue weighted by atomic mass is 32.2. The quantitative estimate of drug-likeness (QED) is 0.143. The second-order valence-corrected chi connectivity index (χ2v) is 11.1. The number of rotatable bonds is 6. The van der Waals surface area contributed by atoms with Crippen LogP contribution in [0, 0.1) is 0 Å². The summed E-state index contributed by atoms with van der Waals surface area (Å²) in [5, 5.41) is 9.67. The number of aromatic nitrogens is 3. The topological polar surface area (TPSA) is 89.2 Å². The molecule has 0 radical (unpaired) electrons. The number of ether oxygens (including phenoxy) is 2. The highest BCUT2D eigenvalue weighted by Crippen LogP contribution is 2.44. The number of halogens is 3. The van der Waals surface area contributed by atoms with Crippen LogP contribution in [0.3, 0.4) is 0 Å². The fraction of sp³-hybridized carbons (Fsp3) is 0.167. The Bertz CT molecular complexity index is 1790. The zero-order valence-corrected chi connectivity index (χ0v) is 25.0. The van der Waals surface area contributed by atoms with E-state index in [0.717, 1.165) is 33.5 Å². The van der Waals surface area contributed by atoms with Gasteiger partial charge in [0, 0.05) is 29.0 Å². The monoisotopic (exact) mass is 635 g/mol. The number of aliphatic imine (C=N–C) groups is 1. The summed E-state index contributed by atoms with van der Waals surface area (Å²) in [4.78, 5) is 11.1. The third-order valence-corrected chi connectivity index (χ3v) is 7.96. The first kappa shape index (κ1) is 29.4. The molecule has 224 valence electrons. The highest BCUT2D eigenvalue weighted by molar-refractivity contribution is 8.14. The average Bonchev–Trinajstić information content (AvgIpc) is 3.65. The first-order valence-electron chi connectivity index (χ1n) is 13.3. The molecule has 1 atom stereocenters. The number of methoxy groups -OCH3 is 1. The van der Waals surface area contributed by atoms with Gasteiger partial charge in [0.1, 0.15) is 17.8 Å². The summed E-state index contributed by atoms with van der Waals surface area (Å²) in [5.41, 5.74) is 8.32. The van der Waals surface area contributed by atoms with Gasteiger partial charge in [0.25, 0.3) is 0 Å². The van der Waals surface area contributed by atoms with E-state index in [2.05, 4.69) is 54.3 Å². The molecule has 0 amide bonds. The summed E-state index contributed by atoms with van der Waals surface area (Å²) in [5.74, 6) is 2.01. The SMILES string of the molecule is COc1ccc2c(c1)N1C(=CC2C)CS/C1=N\C(=S)N/N=C/c1ccc(-c2ncn(-c3ccc(OC(F)(F)F)cc3)n2)cc1. The summed E-state index contributed by atoms with van der Waals surface area (Å²) in [6.07, 6.45) is 0.609. The van der Waals surface area contributed by atoms with Crippen LogP contribution in [0.1, 0.15) is 24.0 Å². The number of anilines is 1. The predicted octanol–water partition coefficient (Wildman–Crippen LogP) is 6.66. The van der Waals surface area contributed by atoms with Crippen molar-refractivity contribution in [1.82, 2.24) is 20.2 Å². The maximum atomic E-state index is 12.4. The molecule has 9 nitrogen and oxygen atoms in total. The lowest BCUT2D eigenvalue weighted by atomic mass is 9.94. The van der Waals surface area contributed by atoms with Gasteiger partial charge in [-0.1, -0.05) is 55.1 Å². The summed E-state index contributed by atoms with van der Waals surface area (Å²) < 4.78 is 48.0. The number of nitrogens with zero attached hydrogens (tertiary/aromatic N) is 6. The molecule has 3 aromatic carbocycles. The summed E-state index contributed by atoms with van der Waals surface area (Å²) >= 11 is 7.07. The number of thioether (sulfide) groups is 1. The van der Waals surface area contributed by atoms with E-state index >= 15 is 0 Å². The fourth-order valence-corrected chi connectivity index (χ4v) is 5.97. The second-order valence-electron chi connectivity index (χ2n) is 9.74. The molecule has 4 aromatic rings. The number of thiocarbonyl (C=S) groups is 1. The molecule has 0 aliphatic carbocycles. The van der Waals surface area contributed by atoms with Crippen LogP contribution in [-0.4, -0.2) is 50.5 Å². The van der Waals surface area contributed by atoms with Crippen molar-refractivity contribution >= 4 is 46.2 Å². The molecule has 2 aliphatic rings. The van der Waals surface area contributed by atoms with Gasteiger partial charge in [0.2, 0.25) is 5.11 Å². The minimum Gasteiger partial charge on any atom is -0.497 e. The molecule has 6 rings (SSSR count). The molecule has 1 fully saturated rings. The van der Waals surface area contributed by atoms with Gasteiger partial charge in [-0.3, -0.25) is 10.3 Å². The minimum atomic E-state index is -4.75. The molecule has 0 saturated carbocycles. The lowest BCUT2D eigenvalue weighted by Crippen LogP contribution is -2.28. The van der Waals surface area contributed by atoms with E-state index < -0.39 is 6.36 Å². The fourth-order valence-electron chi connectivity index (χ4n) is 4.77. The van der Waals surface area contributed by atoms with Crippen LogP contribution in [0.5, 0.6) is 11.5 Å². The standard InChI is InChI=1S/C30H24F3N7O2S2/c1-18-13-22-16-44-29(40(22)26-14-24(41-2)11-12-25(18)26)36-28(43)37-35-15-19-3-5-20(6-4-19)27-34-17-39(38-27)21-7-9-23(10-8-21)42-30(31,32)33/h3-15,17-18H,16H2,1-2H3,(H,37,43)/b35-15+,36-29-. The van der Waals surface area contributed by atoms with E-state index in [4.69, 9.17) is 17.0 Å². The van der Waals surface area contributed by atoms with E-state index in [-0.39, 0.29) is 16.8 Å². The first-order chi connectivity index (χ1) is 21.2. The van der Waals surface area contributed by atoms with Gasteiger partial charge in [0.05, 0.1) is 24.7 Å². The Morgan fingerprint density at radius 1 is 1.09 bits per heavy atom. The Kier molecular flexibility index (Phi) is 8.10. The van der Waals surface area contributed by atoms with Gasteiger partial charge < -0.3 is 9.47 Å². The van der Waals surface area contributed by atoms with E-state index in [1.54, 1.807) is 25.1 Å². The van der Waals surface area contributed by atoms with Crippen molar-refractivity contribution in [3.05, 3.63) is 96.0 Å². The summed E-state index contributed by atoms with van der Waals surface area (Å²) in [7, 11) is 1.65. The van der Waals surface area contributed by atoms with Crippen LogP contribution in [0.25, 0.3) is 17.1 Å². The van der Waals surface area contributed by atoms with Gasteiger partial charge >= 0.3 is 6.36 Å². The number of nitrogens with one attached hydrogen (secondary N) is 1. The molecule has 1 saturated heterocycles. The van der Waals surface area contributed by atoms with E-state index in [1.165, 1.54) is 46.5 Å². The lowest BCUT2D eigenvalue weighted by Gasteiger charge is -2.30. The number of fused-ring (bicyclic) bond motifs is 3. The normalized spacial score (nSPS) is 16.9. The third kappa shape index (κ3) is 6.45. The van der Waals surface area contributed by atoms with Gasteiger partial charge in [-0.2, -0.15) is 10.1 Å². The molecule has 3 heterocycles. The summed E-state index contributed by atoms with van der Waals surface area (Å²) in [6.45, 7) is 2.18. The zero-order valence-electron chi connectivity index (χ0n) is 23.3. The van der Waals surface area contributed by atoms with Crippen LogP contribution in [0.2, 0.25) is 0 Å². The Hall–Kier alpha value is -4.69. The van der Waals surface area contributed by atoms with Crippen molar-refractivity contribution in [1.29, 1.82) is 0 Å². The first-order valence-corrected chi connectivity index (χ1v) is 14.7. The third-order valence-electron chi connectivity index (χ3n) is 6.81. The van der Waals surface area contributed by atoms with Gasteiger partial charge in [0.15, 0.2) is 11.0 Å². The number of hydrogen-bond acceptors (Lipinski definition) is 7. The maximum absolute atomic E-state index is 12.4. The molecule has 14 heteroatoms. The van der Waals surface area contributed by atoms with E-state index in [1.807, 2.05) is 36.4 Å². The van der Waals surface area contributed by atoms with Crippen LogP contribution < -0.4 is 19.8 Å². The second kappa shape index (κ2) is 12.1. The zero-order chi connectivity index (χ0) is 30.8. The van der Waals surface area contributed by atoms with Gasteiger partial charge in [-0.05, 0) is 53.7 Å². The molecular formula is C30H24F3N7O2S2. The van der Waals surface area contributed by atoms with E-state index in [9.17, 15) is 13.2 Å². The molecule has 0 spiro atoms. The average molecular weight is 636 g/mol. The van der Waals surface area contributed by atoms with Crippen LogP contribution in [0.15, 0.2) is 94.9 Å². The molecule has 0 bridgehead atoms. The Morgan fingerprint density at radius 3 is 2.57 bits per heavy atom. The van der Waals surface area contributed by atoms with E-state index in [0.29, 0.717) is 11.5 Å². The van der Waals surface area contributed by atoms with Crippen LogP contribution >= 0.6 is 24.0 Å². The molecule has 1 unspecified atom stereocenters. The van der Waals surface area contributed by atoms with Crippen molar-refractivity contribution < 1.29 is 22.6 Å². The number of hydrazone groups is 1. The maximum Gasteiger partial charge on any atom is 0.573 e. The van der Waals surface area contributed by atoms with Crippen molar-refractivity contribution in [3.63, 3.8) is 0 Å². The lowest BCUT2D eigenvalue weighted by molar-refractivity contribution is -0.274. The van der Waals surface area contributed by atoms with Gasteiger partial charge in [-0.15, -0.1) is 18.3 Å². The highest BCUT2D eigenvalue weighted by Gasteiger charge is 2.33. The smallest absolute Gasteiger partial charge is 0.497 e. The van der Waals surface area contributed by atoms with Crippen LogP contribution in [-0.2, 0) is 0 Å². The number of amidine groups is 1. The molecule has 1 aromatic heterocycles. The number of alkyl halides is 3. The largest absolute Gasteiger partial charge is 0.573 e. The Morgan fingerprint density at radius 2 is 1.84 bits per heavy atom. The van der Waals surface area contributed by atoms with Crippen LogP contribution in [0.4, 0.5) is 18.9 Å². The van der Waals surface area contributed by atoms with Crippen molar-refractivity contribution in [2.45, 2.75) is 19.2 Å². The van der Waals surface area contributed by atoms with Gasteiger partial charge in [-0.25, -0.2) is 9.67 Å². The molecule has 1 N–H and O–H groups in total. The molecule has 2 aliphatic heterocycles. The number of benzene rings is 3. The molecular weight excluding hydrogens is 612 g/mol.